The van der Waals surface area contributed by atoms with Gasteiger partial charge in [-0.25, -0.2) is 0 Å². The van der Waals surface area contributed by atoms with E-state index in [0.29, 0.717) is 0 Å². The Morgan fingerprint density at radius 2 is 2.33 bits per heavy atom. The lowest BCUT2D eigenvalue weighted by Gasteiger charge is -2.15. The minimum atomic E-state index is -0.743. The topological polar surface area (TPSA) is 49.7 Å². The predicted octanol–water partition coefficient (Wildman–Crippen LogP) is 0.814. The Morgan fingerprint density at radius 3 is 2.92 bits per heavy atom. The highest BCUT2D eigenvalue weighted by molar-refractivity contribution is 4.96. The molecule has 1 rings (SSSR count). The zero-order valence-corrected chi connectivity index (χ0v) is 7.20. The molecule has 0 fully saturated rings. The minimum absolute atomic E-state index is 0.211. The molecule has 70 valence electrons. The molecule has 1 aliphatic rings. The summed E-state index contributed by atoms with van der Waals surface area (Å²) in [5.74, 6) is 0.966. The van der Waals surface area contributed by atoms with E-state index >= 15 is 0 Å². The van der Waals surface area contributed by atoms with Gasteiger partial charge in [0.25, 0.3) is 0 Å². The first kappa shape index (κ1) is 9.55. The molecule has 0 saturated carbocycles. The average Bonchev–Trinajstić information content (AvgIpc) is 2.16. The molecule has 1 aliphatic carbocycles. The van der Waals surface area contributed by atoms with Crippen LogP contribution in [0.3, 0.4) is 0 Å². The van der Waals surface area contributed by atoms with Gasteiger partial charge in [-0.2, -0.15) is 0 Å². The summed E-state index contributed by atoms with van der Waals surface area (Å²) in [5.41, 5.74) is 0. The van der Waals surface area contributed by atoms with Crippen molar-refractivity contribution >= 4 is 0 Å². The molecule has 0 spiro atoms. The summed E-state index contributed by atoms with van der Waals surface area (Å²) in [7, 11) is 0. The van der Waals surface area contributed by atoms with E-state index in [1.807, 2.05) is 0 Å². The van der Waals surface area contributed by atoms with Crippen molar-refractivity contribution in [3.63, 3.8) is 0 Å². The van der Waals surface area contributed by atoms with Crippen LogP contribution in [0, 0.1) is 0 Å². The fourth-order valence-electron chi connectivity index (χ4n) is 1.20. The number of allylic oxidation sites excluding steroid dienone is 2. The summed E-state index contributed by atoms with van der Waals surface area (Å²) in [4.78, 5) is 0. The standard InChI is InChI=1S/C9H16O3/c10-6-8(11)7-12-9-4-2-1-3-5-9/h4,8,10-11H,1-3,5-7H2. The van der Waals surface area contributed by atoms with Crippen LogP contribution in [0.25, 0.3) is 0 Å². The van der Waals surface area contributed by atoms with Crippen LogP contribution >= 0.6 is 0 Å². The number of hydrogen-bond acceptors (Lipinski definition) is 3. The third kappa shape index (κ3) is 3.24. The molecule has 1 atom stereocenters. The summed E-state index contributed by atoms with van der Waals surface area (Å²) >= 11 is 0. The van der Waals surface area contributed by atoms with Gasteiger partial charge in [-0.15, -0.1) is 0 Å². The van der Waals surface area contributed by atoms with E-state index in [1.165, 1.54) is 12.8 Å². The first-order chi connectivity index (χ1) is 5.83. The third-order valence-electron chi connectivity index (χ3n) is 1.92. The molecule has 2 N–H and O–H groups in total. The number of aliphatic hydroxyl groups is 2. The molecule has 3 nitrogen and oxygen atoms in total. The average molecular weight is 172 g/mol. The van der Waals surface area contributed by atoms with Crippen LogP contribution in [-0.2, 0) is 4.74 Å². The second-order valence-electron chi connectivity index (χ2n) is 3.06. The summed E-state index contributed by atoms with van der Waals surface area (Å²) in [5, 5.41) is 17.5. The summed E-state index contributed by atoms with van der Waals surface area (Å²) in [6.45, 7) is -0.0182. The predicted molar refractivity (Wildman–Crippen MR) is 45.6 cm³/mol. The SMILES string of the molecule is OCC(O)COC1=CCCCC1. The first-order valence-electron chi connectivity index (χ1n) is 4.43. The highest BCUT2D eigenvalue weighted by Gasteiger charge is 2.07. The van der Waals surface area contributed by atoms with Gasteiger partial charge in [-0.1, -0.05) is 0 Å². The molecular weight excluding hydrogens is 156 g/mol. The molecule has 1 unspecified atom stereocenters. The van der Waals surface area contributed by atoms with Crippen molar-refractivity contribution in [1.82, 2.24) is 0 Å². The van der Waals surface area contributed by atoms with Gasteiger partial charge in [-0.3, -0.25) is 0 Å². The molecule has 0 radical (unpaired) electrons. The van der Waals surface area contributed by atoms with Crippen molar-refractivity contribution in [3.8, 4) is 0 Å². The number of ether oxygens (including phenoxy) is 1. The monoisotopic (exact) mass is 172 g/mol. The van der Waals surface area contributed by atoms with Crippen molar-refractivity contribution in [2.75, 3.05) is 13.2 Å². The highest BCUT2D eigenvalue weighted by atomic mass is 16.5. The van der Waals surface area contributed by atoms with E-state index in [9.17, 15) is 0 Å². The number of rotatable bonds is 4. The van der Waals surface area contributed by atoms with E-state index in [-0.39, 0.29) is 13.2 Å². The molecule has 0 aromatic rings. The molecule has 0 bridgehead atoms. The second-order valence-corrected chi connectivity index (χ2v) is 3.06. The number of hydrogen-bond donors (Lipinski definition) is 2. The van der Waals surface area contributed by atoms with Crippen LogP contribution in [-0.4, -0.2) is 29.5 Å². The van der Waals surface area contributed by atoms with Crippen molar-refractivity contribution in [2.45, 2.75) is 31.8 Å². The van der Waals surface area contributed by atoms with Gasteiger partial charge in [0.15, 0.2) is 0 Å². The van der Waals surface area contributed by atoms with E-state index in [4.69, 9.17) is 14.9 Å². The molecular formula is C9H16O3. The van der Waals surface area contributed by atoms with Gasteiger partial charge in [0.05, 0.1) is 12.4 Å². The third-order valence-corrected chi connectivity index (χ3v) is 1.92. The van der Waals surface area contributed by atoms with Crippen LogP contribution in [0.15, 0.2) is 11.8 Å². The maximum Gasteiger partial charge on any atom is 0.116 e. The molecule has 0 amide bonds. The molecule has 0 aromatic carbocycles. The Morgan fingerprint density at radius 1 is 1.50 bits per heavy atom. The summed E-state index contributed by atoms with van der Waals surface area (Å²) < 4.78 is 5.29. The van der Waals surface area contributed by atoms with E-state index in [2.05, 4.69) is 6.08 Å². The lowest BCUT2D eigenvalue weighted by Crippen LogP contribution is -2.19. The van der Waals surface area contributed by atoms with Crippen LogP contribution < -0.4 is 0 Å². The second kappa shape index (κ2) is 5.17. The largest absolute Gasteiger partial charge is 0.495 e. The Kier molecular flexibility index (Phi) is 4.11. The molecule has 3 heteroatoms. The molecule has 0 heterocycles. The normalized spacial score (nSPS) is 20.0. The van der Waals surface area contributed by atoms with E-state index in [1.54, 1.807) is 0 Å². The number of aliphatic hydroxyl groups excluding tert-OH is 2. The van der Waals surface area contributed by atoms with Crippen LogP contribution in [0.2, 0.25) is 0 Å². The quantitative estimate of drug-likeness (QED) is 0.660. The molecule has 12 heavy (non-hydrogen) atoms. The first-order valence-corrected chi connectivity index (χ1v) is 4.43. The maximum absolute atomic E-state index is 8.99. The zero-order valence-electron chi connectivity index (χ0n) is 7.20. The van der Waals surface area contributed by atoms with Gasteiger partial charge in [0.1, 0.15) is 12.7 Å². The smallest absolute Gasteiger partial charge is 0.116 e. The summed E-state index contributed by atoms with van der Waals surface area (Å²) in [6.07, 6.45) is 5.76. The summed E-state index contributed by atoms with van der Waals surface area (Å²) in [6, 6.07) is 0. The van der Waals surface area contributed by atoms with Gasteiger partial charge in [0, 0.05) is 6.42 Å². The Labute approximate surface area is 72.7 Å². The lowest BCUT2D eigenvalue weighted by molar-refractivity contribution is 0.0272. The van der Waals surface area contributed by atoms with Gasteiger partial charge >= 0.3 is 0 Å². The lowest BCUT2D eigenvalue weighted by atomic mass is 10.1. The van der Waals surface area contributed by atoms with Crippen molar-refractivity contribution in [3.05, 3.63) is 11.8 Å². The Bertz CT molecular complexity index is 154. The molecule has 0 aromatic heterocycles. The van der Waals surface area contributed by atoms with Gasteiger partial charge in [0.2, 0.25) is 0 Å². The van der Waals surface area contributed by atoms with Crippen molar-refractivity contribution in [1.29, 1.82) is 0 Å². The van der Waals surface area contributed by atoms with E-state index in [0.717, 1.165) is 18.6 Å². The Balaban J connectivity index is 2.17. The van der Waals surface area contributed by atoms with Crippen molar-refractivity contribution in [2.24, 2.45) is 0 Å². The zero-order chi connectivity index (χ0) is 8.81. The van der Waals surface area contributed by atoms with Crippen LogP contribution in [0.1, 0.15) is 25.7 Å². The van der Waals surface area contributed by atoms with Crippen molar-refractivity contribution < 1.29 is 14.9 Å². The maximum atomic E-state index is 8.99. The fourth-order valence-corrected chi connectivity index (χ4v) is 1.20. The molecule has 0 saturated heterocycles. The Hall–Kier alpha value is -0.540. The highest BCUT2D eigenvalue weighted by Crippen LogP contribution is 2.17. The van der Waals surface area contributed by atoms with Crippen LogP contribution in [0.5, 0.6) is 0 Å². The molecule has 0 aliphatic heterocycles. The van der Waals surface area contributed by atoms with Crippen LogP contribution in [0.4, 0.5) is 0 Å². The van der Waals surface area contributed by atoms with Gasteiger partial charge < -0.3 is 14.9 Å². The van der Waals surface area contributed by atoms with Gasteiger partial charge in [-0.05, 0) is 25.3 Å². The fraction of sp³-hybridized carbons (Fsp3) is 0.778. The minimum Gasteiger partial charge on any atom is -0.495 e. The van der Waals surface area contributed by atoms with E-state index < -0.39 is 6.10 Å².